The van der Waals surface area contributed by atoms with Gasteiger partial charge in [0.05, 0.1) is 0 Å². The van der Waals surface area contributed by atoms with Crippen molar-refractivity contribution >= 4 is 40.6 Å². The fraction of sp³-hybridized carbons (Fsp3) is 0. The maximum Gasteiger partial charge on any atom is 0.326 e. The summed E-state index contributed by atoms with van der Waals surface area (Å²) < 4.78 is 27.2. The highest BCUT2D eigenvalue weighted by atomic mass is 35.5. The molecule has 3 rings (SSSR count). The molecule has 5 nitrogen and oxygen atoms in total. The molecule has 0 bridgehead atoms. The fourth-order valence-corrected chi connectivity index (χ4v) is 2.51. The van der Waals surface area contributed by atoms with Crippen LogP contribution in [0.2, 0.25) is 5.02 Å². The Hall–Kier alpha value is -3.45. The second-order valence-corrected chi connectivity index (χ2v) is 6.15. The van der Waals surface area contributed by atoms with Crippen molar-refractivity contribution in [3.63, 3.8) is 0 Å². The Labute approximate surface area is 164 Å². The number of halogens is 3. The van der Waals surface area contributed by atoms with Crippen LogP contribution < -0.4 is 16.0 Å². The van der Waals surface area contributed by atoms with E-state index in [1.165, 1.54) is 0 Å². The number of hydrogen-bond acceptors (Lipinski definition) is 3. The van der Waals surface area contributed by atoms with Crippen LogP contribution >= 0.6 is 11.6 Å². The lowest BCUT2D eigenvalue weighted by molar-refractivity contribution is 0.0959. The third-order valence-corrected chi connectivity index (χ3v) is 3.94. The molecule has 0 saturated carbocycles. The molecule has 142 valence electrons. The molecule has 0 aliphatic rings. The first-order chi connectivity index (χ1) is 13.4. The normalized spacial score (nSPS) is 10.2. The first-order valence-electron chi connectivity index (χ1n) is 8.11. The highest BCUT2D eigenvalue weighted by molar-refractivity contribution is 6.30. The molecular formula is C20H14ClF2N3O2. The predicted octanol–water partition coefficient (Wildman–Crippen LogP) is 5.32. The SMILES string of the molecule is O=C(NC(=O)c1c(F)cccc1F)Nc1ccc(Nc2ccc(Cl)cc2)cc1. The van der Waals surface area contributed by atoms with Gasteiger partial charge in [-0.05, 0) is 60.7 Å². The molecule has 8 heteroatoms. The number of anilines is 3. The Morgan fingerprint density at radius 1 is 0.750 bits per heavy atom. The van der Waals surface area contributed by atoms with Crippen molar-refractivity contribution in [1.82, 2.24) is 5.32 Å². The van der Waals surface area contributed by atoms with Gasteiger partial charge < -0.3 is 10.6 Å². The lowest BCUT2D eigenvalue weighted by atomic mass is 10.2. The molecule has 3 aromatic carbocycles. The first-order valence-corrected chi connectivity index (χ1v) is 8.49. The minimum absolute atomic E-state index is 0.390. The molecule has 0 radical (unpaired) electrons. The lowest BCUT2D eigenvalue weighted by Crippen LogP contribution is -2.35. The van der Waals surface area contributed by atoms with Gasteiger partial charge in [-0.1, -0.05) is 17.7 Å². The average Bonchev–Trinajstić information content (AvgIpc) is 2.65. The number of rotatable bonds is 4. The van der Waals surface area contributed by atoms with Crippen molar-refractivity contribution < 1.29 is 18.4 Å². The highest BCUT2D eigenvalue weighted by Gasteiger charge is 2.19. The summed E-state index contributed by atoms with van der Waals surface area (Å²) in [6.07, 6.45) is 0. The lowest BCUT2D eigenvalue weighted by Gasteiger charge is -2.10. The summed E-state index contributed by atoms with van der Waals surface area (Å²) in [6.45, 7) is 0. The standard InChI is InChI=1S/C20H14ClF2N3O2/c21-12-4-6-13(7-5-12)24-14-8-10-15(11-9-14)25-20(28)26-19(27)18-16(22)2-1-3-17(18)23/h1-11,24H,(H2,25,26,27,28). The van der Waals surface area contributed by atoms with E-state index in [2.05, 4.69) is 10.6 Å². The number of amides is 3. The van der Waals surface area contributed by atoms with Gasteiger partial charge in [-0.25, -0.2) is 13.6 Å². The van der Waals surface area contributed by atoms with Gasteiger partial charge in [0.15, 0.2) is 0 Å². The summed E-state index contributed by atoms with van der Waals surface area (Å²) in [5, 5.41) is 8.09. The summed E-state index contributed by atoms with van der Waals surface area (Å²) in [5.74, 6) is -3.28. The molecule has 0 heterocycles. The molecular weight excluding hydrogens is 388 g/mol. The molecule has 0 fully saturated rings. The Kier molecular flexibility index (Phi) is 5.86. The van der Waals surface area contributed by atoms with E-state index in [1.54, 1.807) is 36.4 Å². The van der Waals surface area contributed by atoms with Gasteiger partial charge in [0.1, 0.15) is 17.2 Å². The zero-order chi connectivity index (χ0) is 20.1. The van der Waals surface area contributed by atoms with Gasteiger partial charge in [-0.15, -0.1) is 0 Å². The summed E-state index contributed by atoms with van der Waals surface area (Å²) in [4.78, 5) is 23.8. The maximum atomic E-state index is 13.6. The molecule has 0 spiro atoms. The molecule has 0 aromatic heterocycles. The van der Waals surface area contributed by atoms with Gasteiger partial charge in [0.2, 0.25) is 0 Å². The Morgan fingerprint density at radius 3 is 1.82 bits per heavy atom. The number of carbonyl (C=O) groups is 2. The van der Waals surface area contributed by atoms with Crippen LogP contribution in [0, 0.1) is 11.6 Å². The second kappa shape index (κ2) is 8.49. The smallest absolute Gasteiger partial charge is 0.326 e. The quantitative estimate of drug-likeness (QED) is 0.553. The maximum absolute atomic E-state index is 13.6. The Balaban J connectivity index is 1.60. The minimum Gasteiger partial charge on any atom is -0.356 e. The molecule has 3 aromatic rings. The van der Waals surface area contributed by atoms with Crippen LogP contribution in [0.5, 0.6) is 0 Å². The second-order valence-electron chi connectivity index (χ2n) is 5.71. The molecule has 3 N–H and O–H groups in total. The van der Waals surface area contributed by atoms with Crippen molar-refractivity contribution in [2.24, 2.45) is 0 Å². The molecule has 0 unspecified atom stereocenters. The van der Waals surface area contributed by atoms with Crippen molar-refractivity contribution in [1.29, 1.82) is 0 Å². The number of carbonyl (C=O) groups excluding carboxylic acids is 2. The van der Waals surface area contributed by atoms with E-state index < -0.39 is 29.1 Å². The summed E-state index contributed by atoms with van der Waals surface area (Å²) in [5.41, 5.74) is 1.17. The first kappa shape index (κ1) is 19.3. The zero-order valence-corrected chi connectivity index (χ0v) is 15.1. The van der Waals surface area contributed by atoms with Gasteiger partial charge in [0.25, 0.3) is 5.91 Å². The van der Waals surface area contributed by atoms with E-state index in [1.807, 2.05) is 17.4 Å². The van der Waals surface area contributed by atoms with Crippen LogP contribution in [-0.4, -0.2) is 11.9 Å². The number of hydrogen-bond donors (Lipinski definition) is 3. The molecule has 0 aliphatic heterocycles. The largest absolute Gasteiger partial charge is 0.356 e. The Morgan fingerprint density at radius 2 is 1.25 bits per heavy atom. The third-order valence-electron chi connectivity index (χ3n) is 3.69. The molecule has 0 saturated heterocycles. The third kappa shape index (κ3) is 4.83. The minimum atomic E-state index is -1.17. The van der Waals surface area contributed by atoms with Gasteiger partial charge >= 0.3 is 6.03 Å². The van der Waals surface area contributed by atoms with Crippen LogP contribution in [0.3, 0.4) is 0 Å². The van der Waals surface area contributed by atoms with E-state index >= 15 is 0 Å². The van der Waals surface area contributed by atoms with Crippen LogP contribution in [0.15, 0.2) is 66.7 Å². The number of imide groups is 1. The number of benzene rings is 3. The summed E-state index contributed by atoms with van der Waals surface area (Å²) in [7, 11) is 0. The van der Waals surface area contributed by atoms with E-state index in [4.69, 9.17) is 11.6 Å². The number of urea groups is 1. The topological polar surface area (TPSA) is 70.2 Å². The van der Waals surface area contributed by atoms with Crippen molar-refractivity contribution in [3.8, 4) is 0 Å². The van der Waals surface area contributed by atoms with Gasteiger partial charge in [-0.2, -0.15) is 0 Å². The van der Waals surface area contributed by atoms with Crippen LogP contribution in [0.1, 0.15) is 10.4 Å². The van der Waals surface area contributed by atoms with Crippen LogP contribution in [0.4, 0.5) is 30.6 Å². The summed E-state index contributed by atoms with van der Waals surface area (Å²) in [6, 6.07) is 15.8. The van der Waals surface area contributed by atoms with E-state index in [-0.39, 0.29) is 0 Å². The molecule has 3 amide bonds. The molecule has 0 atom stereocenters. The predicted molar refractivity (Wildman–Crippen MR) is 104 cm³/mol. The van der Waals surface area contributed by atoms with E-state index in [0.717, 1.165) is 29.6 Å². The number of nitrogens with one attached hydrogen (secondary N) is 3. The summed E-state index contributed by atoms with van der Waals surface area (Å²) >= 11 is 5.84. The van der Waals surface area contributed by atoms with Gasteiger partial charge in [-0.3, -0.25) is 10.1 Å². The van der Waals surface area contributed by atoms with Gasteiger partial charge in [0, 0.05) is 22.1 Å². The fourth-order valence-electron chi connectivity index (χ4n) is 2.38. The van der Waals surface area contributed by atoms with Crippen LogP contribution in [-0.2, 0) is 0 Å². The van der Waals surface area contributed by atoms with E-state index in [9.17, 15) is 18.4 Å². The van der Waals surface area contributed by atoms with Crippen molar-refractivity contribution in [2.75, 3.05) is 10.6 Å². The van der Waals surface area contributed by atoms with Crippen molar-refractivity contribution in [3.05, 3.63) is 89.0 Å². The van der Waals surface area contributed by atoms with Crippen LogP contribution in [0.25, 0.3) is 0 Å². The highest BCUT2D eigenvalue weighted by Crippen LogP contribution is 2.20. The monoisotopic (exact) mass is 401 g/mol. The average molecular weight is 402 g/mol. The molecule has 0 aliphatic carbocycles. The molecule has 28 heavy (non-hydrogen) atoms. The Bertz CT molecular complexity index is 989. The zero-order valence-electron chi connectivity index (χ0n) is 14.3. The van der Waals surface area contributed by atoms with Crippen molar-refractivity contribution in [2.45, 2.75) is 0 Å². The van der Waals surface area contributed by atoms with E-state index in [0.29, 0.717) is 10.7 Å².